The monoisotopic (exact) mass is 384 g/mol. The predicted molar refractivity (Wildman–Crippen MR) is 124 cm³/mol. The Morgan fingerprint density at radius 1 is 0.333 bits per heavy atom. The van der Waals surface area contributed by atoms with Gasteiger partial charge in [-0.3, -0.25) is 9.97 Å². The second-order valence-corrected chi connectivity index (χ2v) is 7.17. The Labute approximate surface area is 176 Å². The van der Waals surface area contributed by atoms with E-state index in [4.69, 9.17) is 0 Å². The molecule has 3 aromatic carbocycles. The molecule has 0 aliphatic heterocycles. The van der Waals surface area contributed by atoms with Crippen molar-refractivity contribution in [3.63, 3.8) is 0 Å². The molecular formula is C28H20N2. The van der Waals surface area contributed by atoms with E-state index in [2.05, 4.69) is 82.8 Å². The molecule has 142 valence electrons. The van der Waals surface area contributed by atoms with Crippen LogP contribution in [0, 0.1) is 0 Å². The number of rotatable bonds is 4. The van der Waals surface area contributed by atoms with Gasteiger partial charge in [0.05, 0.1) is 11.4 Å². The van der Waals surface area contributed by atoms with Crippen molar-refractivity contribution in [2.45, 2.75) is 0 Å². The molecule has 0 bridgehead atoms. The molecule has 0 aliphatic rings. The van der Waals surface area contributed by atoms with Gasteiger partial charge in [0.1, 0.15) is 0 Å². The minimum Gasteiger partial charge on any atom is -0.256 e. The molecule has 0 radical (unpaired) electrons. The van der Waals surface area contributed by atoms with Crippen molar-refractivity contribution >= 4 is 0 Å². The van der Waals surface area contributed by atoms with Crippen molar-refractivity contribution < 1.29 is 0 Å². The lowest BCUT2D eigenvalue weighted by Crippen LogP contribution is -1.87. The number of hydrogen-bond donors (Lipinski definition) is 0. The fourth-order valence-corrected chi connectivity index (χ4v) is 3.61. The lowest BCUT2D eigenvalue weighted by molar-refractivity contribution is 1.32. The highest BCUT2D eigenvalue weighted by molar-refractivity contribution is 5.75. The summed E-state index contributed by atoms with van der Waals surface area (Å²) in [6, 6.07) is 37.6. The van der Waals surface area contributed by atoms with Crippen molar-refractivity contribution in [1.29, 1.82) is 0 Å². The lowest BCUT2D eigenvalue weighted by atomic mass is 9.99. The van der Waals surface area contributed by atoms with Gasteiger partial charge in [0, 0.05) is 23.5 Å². The fraction of sp³-hybridized carbons (Fsp3) is 0. The van der Waals surface area contributed by atoms with Crippen LogP contribution in [0.25, 0.3) is 44.8 Å². The third-order valence-corrected chi connectivity index (χ3v) is 5.21. The van der Waals surface area contributed by atoms with Crippen LogP contribution in [0.2, 0.25) is 0 Å². The molecule has 0 N–H and O–H groups in total. The zero-order valence-corrected chi connectivity index (χ0v) is 16.4. The minimum atomic E-state index is 0.985. The molecule has 5 aromatic rings. The van der Waals surface area contributed by atoms with E-state index in [9.17, 15) is 0 Å². The summed E-state index contributed by atoms with van der Waals surface area (Å²) in [5.74, 6) is 0. The van der Waals surface area contributed by atoms with Crippen LogP contribution < -0.4 is 0 Å². The Morgan fingerprint density at radius 2 is 0.733 bits per heavy atom. The third kappa shape index (κ3) is 3.76. The second kappa shape index (κ2) is 8.14. The number of aromatic nitrogens is 2. The second-order valence-electron chi connectivity index (χ2n) is 7.17. The van der Waals surface area contributed by atoms with Gasteiger partial charge in [-0.05, 0) is 46.5 Å². The van der Waals surface area contributed by atoms with E-state index in [1.165, 1.54) is 11.1 Å². The first-order valence-electron chi connectivity index (χ1n) is 10.0. The van der Waals surface area contributed by atoms with Crippen molar-refractivity contribution in [1.82, 2.24) is 9.97 Å². The molecule has 0 fully saturated rings. The Balaban J connectivity index is 1.44. The number of hydrogen-bond acceptors (Lipinski definition) is 2. The normalized spacial score (nSPS) is 10.7. The van der Waals surface area contributed by atoms with E-state index >= 15 is 0 Å². The van der Waals surface area contributed by atoms with Crippen LogP contribution in [0.15, 0.2) is 122 Å². The van der Waals surface area contributed by atoms with Gasteiger partial charge in [-0.15, -0.1) is 0 Å². The summed E-state index contributed by atoms with van der Waals surface area (Å²) in [4.78, 5) is 9.06. The highest BCUT2D eigenvalue weighted by Gasteiger charge is 2.05. The van der Waals surface area contributed by atoms with E-state index in [1.807, 2.05) is 48.8 Å². The van der Waals surface area contributed by atoms with Crippen LogP contribution in [-0.4, -0.2) is 9.97 Å². The van der Waals surface area contributed by atoms with Gasteiger partial charge >= 0.3 is 0 Å². The van der Waals surface area contributed by atoms with E-state index in [0.29, 0.717) is 0 Å². The largest absolute Gasteiger partial charge is 0.256 e. The van der Waals surface area contributed by atoms with Crippen LogP contribution in [0.5, 0.6) is 0 Å². The summed E-state index contributed by atoms with van der Waals surface area (Å²) in [5, 5.41) is 0. The zero-order chi connectivity index (χ0) is 20.2. The molecule has 2 aromatic heterocycles. The van der Waals surface area contributed by atoms with Gasteiger partial charge in [0.2, 0.25) is 0 Å². The average molecular weight is 384 g/mol. The number of benzene rings is 3. The standard InChI is InChI=1S/C28H20N2/c1-3-7-23(8-4-1)27-19-25(15-17-29-27)21-11-13-22(14-12-21)26-16-18-30-28(20-26)24-9-5-2-6-10-24/h1-20H. The molecule has 2 nitrogen and oxygen atoms in total. The van der Waals surface area contributed by atoms with Gasteiger partial charge in [-0.25, -0.2) is 0 Å². The number of pyridine rings is 2. The van der Waals surface area contributed by atoms with Crippen LogP contribution >= 0.6 is 0 Å². The van der Waals surface area contributed by atoms with Crippen LogP contribution in [-0.2, 0) is 0 Å². The molecule has 2 heterocycles. The van der Waals surface area contributed by atoms with E-state index in [0.717, 1.165) is 33.6 Å². The first-order chi connectivity index (χ1) is 14.9. The van der Waals surface area contributed by atoms with Crippen LogP contribution in [0.4, 0.5) is 0 Å². The molecule has 0 saturated carbocycles. The molecule has 0 amide bonds. The van der Waals surface area contributed by atoms with Crippen molar-refractivity contribution in [3.8, 4) is 44.8 Å². The van der Waals surface area contributed by atoms with Gasteiger partial charge in [-0.2, -0.15) is 0 Å². The zero-order valence-electron chi connectivity index (χ0n) is 16.4. The highest BCUT2D eigenvalue weighted by Crippen LogP contribution is 2.28. The maximum atomic E-state index is 4.53. The molecule has 2 heteroatoms. The van der Waals surface area contributed by atoms with Gasteiger partial charge in [0.25, 0.3) is 0 Å². The van der Waals surface area contributed by atoms with Crippen molar-refractivity contribution in [3.05, 3.63) is 122 Å². The SMILES string of the molecule is c1ccc(-c2cc(-c3ccc(-c4ccnc(-c5ccccc5)c4)cc3)ccn2)cc1. The van der Waals surface area contributed by atoms with E-state index in [1.54, 1.807) is 0 Å². The summed E-state index contributed by atoms with van der Waals surface area (Å²) in [7, 11) is 0. The summed E-state index contributed by atoms with van der Waals surface area (Å²) < 4.78 is 0. The third-order valence-electron chi connectivity index (χ3n) is 5.21. The summed E-state index contributed by atoms with van der Waals surface area (Å²) in [6.45, 7) is 0. The summed E-state index contributed by atoms with van der Waals surface area (Å²) in [5.41, 5.74) is 8.90. The maximum Gasteiger partial charge on any atom is 0.0708 e. The van der Waals surface area contributed by atoms with E-state index in [-0.39, 0.29) is 0 Å². The maximum absolute atomic E-state index is 4.53. The van der Waals surface area contributed by atoms with Gasteiger partial charge in [0.15, 0.2) is 0 Å². The molecule has 0 atom stereocenters. The van der Waals surface area contributed by atoms with Gasteiger partial charge < -0.3 is 0 Å². The summed E-state index contributed by atoms with van der Waals surface area (Å²) >= 11 is 0. The molecule has 0 aliphatic carbocycles. The van der Waals surface area contributed by atoms with Crippen LogP contribution in [0.1, 0.15) is 0 Å². The van der Waals surface area contributed by atoms with Crippen molar-refractivity contribution in [2.24, 2.45) is 0 Å². The molecule has 30 heavy (non-hydrogen) atoms. The Hall–Kier alpha value is -4.04. The topological polar surface area (TPSA) is 25.8 Å². The Bertz CT molecular complexity index is 1160. The van der Waals surface area contributed by atoms with Crippen LogP contribution in [0.3, 0.4) is 0 Å². The van der Waals surface area contributed by atoms with Gasteiger partial charge in [-0.1, -0.05) is 84.9 Å². The molecule has 0 unspecified atom stereocenters. The van der Waals surface area contributed by atoms with Crippen molar-refractivity contribution in [2.75, 3.05) is 0 Å². The first kappa shape index (κ1) is 18.0. The number of nitrogens with zero attached hydrogens (tertiary/aromatic N) is 2. The highest BCUT2D eigenvalue weighted by atomic mass is 14.7. The fourth-order valence-electron chi connectivity index (χ4n) is 3.61. The average Bonchev–Trinajstić information content (AvgIpc) is 2.85. The minimum absolute atomic E-state index is 0.985. The van der Waals surface area contributed by atoms with E-state index < -0.39 is 0 Å². The smallest absolute Gasteiger partial charge is 0.0708 e. The predicted octanol–water partition coefficient (Wildman–Crippen LogP) is 7.14. The molecule has 0 saturated heterocycles. The molecule has 0 spiro atoms. The summed E-state index contributed by atoms with van der Waals surface area (Å²) in [6.07, 6.45) is 3.75. The molecule has 5 rings (SSSR count). The Morgan fingerprint density at radius 3 is 1.13 bits per heavy atom. The quantitative estimate of drug-likeness (QED) is 0.329. The lowest BCUT2D eigenvalue weighted by Gasteiger charge is -2.08. The Kier molecular flexibility index (Phi) is 4.89. The first-order valence-corrected chi connectivity index (χ1v) is 10.0. The molecular weight excluding hydrogens is 364 g/mol.